The number of hydrogen-bond acceptors (Lipinski definition) is 5. The maximum absolute atomic E-state index is 9.91. The molecule has 1 atom stereocenters. The fourth-order valence-corrected chi connectivity index (χ4v) is 5.18. The number of benzene rings is 2. The van der Waals surface area contributed by atoms with Crippen molar-refractivity contribution in [3.63, 3.8) is 0 Å². The average molecular weight is 378 g/mol. The summed E-state index contributed by atoms with van der Waals surface area (Å²) >= 11 is 1.68. The number of fused-ring (bicyclic) bond motifs is 2. The fourth-order valence-electron chi connectivity index (χ4n) is 4.09. The van der Waals surface area contributed by atoms with E-state index in [0.29, 0.717) is 11.1 Å². The first kappa shape index (κ1) is 17.9. The van der Waals surface area contributed by atoms with Crippen molar-refractivity contribution in [2.24, 2.45) is 5.73 Å². The highest BCUT2D eigenvalue weighted by Crippen LogP contribution is 2.50. The predicted octanol–water partition coefficient (Wildman–Crippen LogP) is 3.93. The SMILES string of the molecule is CC(CN1CCCC1)N1c2ccccc2Sc2ccc(C(=N)N)c(C#N)c21. The van der Waals surface area contributed by atoms with Gasteiger partial charge in [0.05, 0.1) is 16.9 Å². The smallest absolute Gasteiger partial charge is 0.124 e. The maximum atomic E-state index is 9.91. The van der Waals surface area contributed by atoms with Crippen LogP contribution in [0.25, 0.3) is 0 Å². The molecule has 2 heterocycles. The number of nitrogens with two attached hydrogens (primary N) is 1. The number of nitriles is 1. The highest BCUT2D eigenvalue weighted by molar-refractivity contribution is 7.99. The van der Waals surface area contributed by atoms with Gasteiger partial charge in [-0.25, -0.2) is 0 Å². The lowest BCUT2D eigenvalue weighted by Crippen LogP contribution is -2.40. The maximum Gasteiger partial charge on any atom is 0.124 e. The molecule has 0 bridgehead atoms. The second kappa shape index (κ2) is 7.26. The molecule has 0 aliphatic carbocycles. The molecule has 0 saturated carbocycles. The summed E-state index contributed by atoms with van der Waals surface area (Å²) in [6, 6.07) is 14.7. The molecule has 1 saturated heterocycles. The predicted molar refractivity (Wildman–Crippen MR) is 110 cm³/mol. The minimum atomic E-state index is -0.0645. The molecule has 5 nitrogen and oxygen atoms in total. The van der Waals surface area contributed by atoms with Crippen LogP contribution in [-0.4, -0.2) is 36.4 Å². The van der Waals surface area contributed by atoms with E-state index in [2.05, 4.69) is 41.0 Å². The molecule has 2 aliphatic heterocycles. The molecule has 6 heteroatoms. The van der Waals surface area contributed by atoms with Crippen molar-refractivity contribution in [3.05, 3.63) is 47.5 Å². The first-order chi connectivity index (χ1) is 13.1. The van der Waals surface area contributed by atoms with E-state index in [1.165, 1.54) is 17.7 Å². The molecule has 0 radical (unpaired) electrons. The molecular formula is C21H23N5S. The number of likely N-dealkylation sites (tertiary alicyclic amines) is 1. The highest BCUT2D eigenvalue weighted by Gasteiger charge is 2.32. The Kier molecular flexibility index (Phi) is 4.81. The standard InChI is InChI=1S/C21H23N5S/c1-14(13-25-10-4-5-11-25)26-17-6-2-3-7-18(17)27-19-9-8-15(21(23)24)16(12-22)20(19)26/h2-3,6-9,14H,4-5,10-11,13H2,1H3,(H3,23,24). The zero-order valence-corrected chi connectivity index (χ0v) is 16.2. The number of hydrogen-bond donors (Lipinski definition) is 2. The van der Waals surface area contributed by atoms with E-state index in [9.17, 15) is 5.26 Å². The third-order valence-electron chi connectivity index (χ3n) is 5.29. The number of amidine groups is 1. The molecule has 2 aliphatic rings. The van der Waals surface area contributed by atoms with Gasteiger partial charge in [0.25, 0.3) is 0 Å². The van der Waals surface area contributed by atoms with Crippen LogP contribution in [0, 0.1) is 16.7 Å². The minimum Gasteiger partial charge on any atom is -0.384 e. The van der Waals surface area contributed by atoms with Crippen LogP contribution in [0.15, 0.2) is 46.2 Å². The largest absolute Gasteiger partial charge is 0.384 e. The van der Waals surface area contributed by atoms with Crippen molar-refractivity contribution >= 4 is 29.0 Å². The van der Waals surface area contributed by atoms with Crippen molar-refractivity contribution in [1.82, 2.24) is 4.90 Å². The van der Waals surface area contributed by atoms with E-state index >= 15 is 0 Å². The summed E-state index contributed by atoms with van der Waals surface area (Å²) in [6.45, 7) is 5.45. The van der Waals surface area contributed by atoms with Gasteiger partial charge >= 0.3 is 0 Å². The van der Waals surface area contributed by atoms with Crippen LogP contribution in [0.5, 0.6) is 0 Å². The first-order valence-corrected chi connectivity index (χ1v) is 10.1. The number of nitrogen functional groups attached to an aromatic ring is 1. The van der Waals surface area contributed by atoms with Gasteiger partial charge in [-0.3, -0.25) is 5.41 Å². The molecule has 0 spiro atoms. The lowest BCUT2D eigenvalue weighted by molar-refractivity contribution is 0.319. The second-order valence-corrected chi connectivity index (χ2v) is 8.24. The number of nitrogens with one attached hydrogen (secondary N) is 1. The summed E-state index contributed by atoms with van der Waals surface area (Å²) in [5.41, 5.74) is 8.79. The van der Waals surface area contributed by atoms with Crippen LogP contribution >= 0.6 is 11.8 Å². The quantitative estimate of drug-likeness (QED) is 0.623. The van der Waals surface area contributed by atoms with Crippen LogP contribution < -0.4 is 10.6 Å². The lowest BCUT2D eigenvalue weighted by Gasteiger charge is -2.39. The molecule has 138 valence electrons. The van der Waals surface area contributed by atoms with E-state index in [1.54, 1.807) is 17.8 Å². The van der Waals surface area contributed by atoms with Gasteiger partial charge in [-0.15, -0.1) is 0 Å². The third kappa shape index (κ3) is 3.18. The van der Waals surface area contributed by atoms with Gasteiger partial charge in [0.2, 0.25) is 0 Å². The van der Waals surface area contributed by atoms with Gasteiger partial charge < -0.3 is 15.5 Å². The zero-order valence-electron chi connectivity index (χ0n) is 15.4. The van der Waals surface area contributed by atoms with Gasteiger partial charge in [-0.05, 0) is 57.1 Å². The Morgan fingerprint density at radius 2 is 1.96 bits per heavy atom. The fraction of sp³-hybridized carbons (Fsp3) is 0.333. The van der Waals surface area contributed by atoms with Crippen LogP contribution in [0.2, 0.25) is 0 Å². The average Bonchev–Trinajstić information content (AvgIpc) is 3.17. The summed E-state index contributed by atoms with van der Waals surface area (Å²) < 4.78 is 0. The summed E-state index contributed by atoms with van der Waals surface area (Å²) in [4.78, 5) is 7.02. The molecule has 0 aromatic heterocycles. The van der Waals surface area contributed by atoms with E-state index in [1.807, 2.05) is 12.1 Å². The minimum absolute atomic E-state index is 0.0645. The molecule has 2 aromatic carbocycles. The Hall–Kier alpha value is -2.49. The summed E-state index contributed by atoms with van der Waals surface area (Å²) in [7, 11) is 0. The Morgan fingerprint density at radius 1 is 1.22 bits per heavy atom. The van der Waals surface area contributed by atoms with Gasteiger partial charge in [-0.2, -0.15) is 5.26 Å². The van der Waals surface area contributed by atoms with Crippen LogP contribution in [0.3, 0.4) is 0 Å². The zero-order chi connectivity index (χ0) is 19.0. The molecule has 0 amide bonds. The number of nitrogens with zero attached hydrogens (tertiary/aromatic N) is 3. The number of para-hydroxylation sites is 1. The molecule has 1 unspecified atom stereocenters. The van der Waals surface area contributed by atoms with Gasteiger partial charge in [-0.1, -0.05) is 23.9 Å². The summed E-state index contributed by atoms with van der Waals surface area (Å²) in [5, 5.41) is 17.8. The van der Waals surface area contributed by atoms with Crippen LogP contribution in [0.4, 0.5) is 11.4 Å². The summed E-state index contributed by atoms with van der Waals surface area (Å²) in [6.07, 6.45) is 2.52. The van der Waals surface area contributed by atoms with E-state index in [0.717, 1.165) is 35.9 Å². The third-order valence-corrected chi connectivity index (χ3v) is 6.40. The van der Waals surface area contributed by atoms with Crippen molar-refractivity contribution in [1.29, 1.82) is 10.7 Å². The Balaban J connectivity index is 1.85. The van der Waals surface area contributed by atoms with Gasteiger partial charge in [0.1, 0.15) is 11.9 Å². The van der Waals surface area contributed by atoms with Crippen molar-refractivity contribution < 1.29 is 0 Å². The monoisotopic (exact) mass is 377 g/mol. The van der Waals surface area contributed by atoms with E-state index in [-0.39, 0.29) is 11.9 Å². The van der Waals surface area contributed by atoms with Crippen LogP contribution in [0.1, 0.15) is 30.9 Å². The molecule has 27 heavy (non-hydrogen) atoms. The topological polar surface area (TPSA) is 80.1 Å². The molecular weight excluding hydrogens is 354 g/mol. The van der Waals surface area contributed by atoms with E-state index in [4.69, 9.17) is 11.1 Å². The molecule has 3 N–H and O–H groups in total. The first-order valence-electron chi connectivity index (χ1n) is 9.30. The number of anilines is 2. The number of rotatable bonds is 4. The van der Waals surface area contributed by atoms with Crippen molar-refractivity contribution in [2.75, 3.05) is 24.5 Å². The van der Waals surface area contributed by atoms with Crippen molar-refractivity contribution in [3.8, 4) is 6.07 Å². The second-order valence-electron chi connectivity index (χ2n) is 7.16. The summed E-state index contributed by atoms with van der Waals surface area (Å²) in [5.74, 6) is -0.0645. The normalized spacial score (nSPS) is 17.1. The molecule has 1 fully saturated rings. The Bertz CT molecular complexity index is 927. The van der Waals surface area contributed by atoms with Gasteiger partial charge in [0, 0.05) is 27.9 Å². The highest BCUT2D eigenvalue weighted by atomic mass is 32.2. The molecule has 2 aromatic rings. The van der Waals surface area contributed by atoms with Crippen LogP contribution in [-0.2, 0) is 0 Å². The Labute approximate surface area is 164 Å². The van der Waals surface area contributed by atoms with Crippen molar-refractivity contribution in [2.45, 2.75) is 35.6 Å². The Morgan fingerprint density at radius 3 is 2.67 bits per heavy atom. The van der Waals surface area contributed by atoms with Gasteiger partial charge in [0.15, 0.2) is 0 Å². The van der Waals surface area contributed by atoms with E-state index < -0.39 is 0 Å². The molecule has 4 rings (SSSR count). The lowest BCUT2D eigenvalue weighted by atomic mass is 10.0.